The van der Waals surface area contributed by atoms with E-state index in [0.717, 1.165) is 25.4 Å². The van der Waals surface area contributed by atoms with Crippen molar-refractivity contribution >= 4 is 0 Å². The first kappa shape index (κ1) is 16.2. The van der Waals surface area contributed by atoms with E-state index in [2.05, 4.69) is 49.1 Å². The molecular formula is C17H30N2. The highest BCUT2D eigenvalue weighted by molar-refractivity contribution is 5.14. The van der Waals surface area contributed by atoms with Gasteiger partial charge < -0.3 is 10.6 Å². The minimum atomic E-state index is 0.742. The van der Waals surface area contributed by atoms with E-state index < -0.39 is 0 Å². The first-order valence-electron chi connectivity index (χ1n) is 7.68. The van der Waals surface area contributed by atoms with E-state index in [0.29, 0.717) is 0 Å². The molecule has 0 unspecified atom stereocenters. The Labute approximate surface area is 119 Å². The van der Waals surface area contributed by atoms with Crippen LogP contribution in [0.1, 0.15) is 38.7 Å². The lowest BCUT2D eigenvalue weighted by Gasteiger charge is -2.24. The van der Waals surface area contributed by atoms with Crippen molar-refractivity contribution in [3.05, 3.63) is 35.9 Å². The van der Waals surface area contributed by atoms with E-state index in [-0.39, 0.29) is 0 Å². The molecule has 0 amide bonds. The van der Waals surface area contributed by atoms with Crippen LogP contribution in [0.3, 0.4) is 0 Å². The second-order valence-electron chi connectivity index (χ2n) is 5.78. The van der Waals surface area contributed by atoms with Gasteiger partial charge in [-0.3, -0.25) is 0 Å². The third-order valence-corrected chi connectivity index (χ3v) is 3.33. The number of aryl methyl sites for hydroxylation is 1. The third kappa shape index (κ3) is 8.02. The molecule has 0 saturated carbocycles. The molecule has 0 heterocycles. The molecule has 0 aliphatic heterocycles. The molecule has 1 aromatic carbocycles. The van der Waals surface area contributed by atoms with E-state index in [1.54, 1.807) is 0 Å². The summed E-state index contributed by atoms with van der Waals surface area (Å²) in [6.45, 7) is 8.95. The Bertz CT molecular complexity index is 308. The number of unbranched alkanes of at least 4 members (excludes halogenated alkanes) is 1. The Kier molecular flexibility index (Phi) is 8.52. The monoisotopic (exact) mass is 262 g/mol. The Balaban J connectivity index is 2.19. The van der Waals surface area contributed by atoms with Gasteiger partial charge in [0.1, 0.15) is 0 Å². The predicted octanol–water partition coefficient (Wildman–Crippen LogP) is 3.32. The molecule has 0 radical (unpaired) electrons. The molecule has 108 valence electrons. The van der Waals surface area contributed by atoms with Gasteiger partial charge in [0, 0.05) is 6.54 Å². The van der Waals surface area contributed by atoms with E-state index >= 15 is 0 Å². The normalized spacial score (nSPS) is 11.4. The van der Waals surface area contributed by atoms with Crippen LogP contribution < -0.4 is 5.73 Å². The number of hydrogen-bond donors (Lipinski definition) is 1. The number of rotatable bonds is 10. The highest BCUT2D eigenvalue weighted by Crippen LogP contribution is 2.07. The Morgan fingerprint density at radius 1 is 1.00 bits per heavy atom. The number of nitrogens with zero attached hydrogens (tertiary/aromatic N) is 1. The SMILES string of the molecule is CC(C)CN(CCCN)CCCCc1ccccc1. The summed E-state index contributed by atoms with van der Waals surface area (Å²) in [4.78, 5) is 2.57. The fraction of sp³-hybridized carbons (Fsp3) is 0.647. The molecule has 0 aliphatic rings. The van der Waals surface area contributed by atoms with Crippen LogP contribution in [0.25, 0.3) is 0 Å². The van der Waals surface area contributed by atoms with Crippen LogP contribution in [0.15, 0.2) is 30.3 Å². The van der Waals surface area contributed by atoms with Crippen LogP contribution in [-0.2, 0) is 6.42 Å². The van der Waals surface area contributed by atoms with Crippen LogP contribution in [0.2, 0.25) is 0 Å². The lowest BCUT2D eigenvalue weighted by atomic mass is 10.1. The maximum Gasteiger partial charge on any atom is 0.000439 e. The average Bonchev–Trinajstić information content (AvgIpc) is 2.41. The van der Waals surface area contributed by atoms with Gasteiger partial charge in [0.05, 0.1) is 0 Å². The highest BCUT2D eigenvalue weighted by atomic mass is 15.1. The molecule has 2 nitrogen and oxygen atoms in total. The van der Waals surface area contributed by atoms with Gasteiger partial charge in [0.2, 0.25) is 0 Å². The van der Waals surface area contributed by atoms with Crippen molar-refractivity contribution in [2.24, 2.45) is 11.7 Å². The molecule has 1 rings (SSSR count). The summed E-state index contributed by atoms with van der Waals surface area (Å²) in [5, 5.41) is 0. The zero-order chi connectivity index (χ0) is 13.9. The van der Waals surface area contributed by atoms with Gasteiger partial charge in [-0.2, -0.15) is 0 Å². The molecule has 1 aromatic rings. The number of nitrogens with two attached hydrogens (primary N) is 1. The van der Waals surface area contributed by atoms with Gasteiger partial charge in [-0.1, -0.05) is 44.2 Å². The molecule has 0 aliphatic carbocycles. The van der Waals surface area contributed by atoms with Gasteiger partial charge in [-0.25, -0.2) is 0 Å². The van der Waals surface area contributed by atoms with Gasteiger partial charge in [0.25, 0.3) is 0 Å². The minimum absolute atomic E-state index is 0.742. The van der Waals surface area contributed by atoms with Gasteiger partial charge in [-0.05, 0) is 56.8 Å². The van der Waals surface area contributed by atoms with Crippen LogP contribution in [-0.4, -0.2) is 31.1 Å². The summed E-state index contributed by atoms with van der Waals surface area (Å²) in [6.07, 6.45) is 4.88. The third-order valence-electron chi connectivity index (χ3n) is 3.33. The number of benzene rings is 1. The molecule has 2 heteroatoms. The van der Waals surface area contributed by atoms with Crippen LogP contribution >= 0.6 is 0 Å². The molecule has 0 spiro atoms. The fourth-order valence-corrected chi connectivity index (χ4v) is 2.43. The van der Waals surface area contributed by atoms with Gasteiger partial charge in [-0.15, -0.1) is 0 Å². The maximum absolute atomic E-state index is 5.61. The molecule has 0 atom stereocenters. The standard InChI is InChI=1S/C17H30N2/c1-16(2)15-19(14-8-12-18)13-7-6-11-17-9-4-3-5-10-17/h3-5,9-10,16H,6-8,11-15,18H2,1-2H3. The zero-order valence-electron chi connectivity index (χ0n) is 12.6. The largest absolute Gasteiger partial charge is 0.330 e. The van der Waals surface area contributed by atoms with E-state index in [9.17, 15) is 0 Å². The van der Waals surface area contributed by atoms with Crippen molar-refractivity contribution in [1.82, 2.24) is 4.90 Å². The average molecular weight is 262 g/mol. The summed E-state index contributed by atoms with van der Waals surface area (Å²) in [5.74, 6) is 0.742. The van der Waals surface area contributed by atoms with Gasteiger partial charge >= 0.3 is 0 Å². The quantitative estimate of drug-likeness (QED) is 0.655. The van der Waals surface area contributed by atoms with Crippen molar-refractivity contribution in [3.8, 4) is 0 Å². The van der Waals surface area contributed by atoms with Gasteiger partial charge in [0.15, 0.2) is 0 Å². The summed E-state index contributed by atoms with van der Waals surface area (Å²) >= 11 is 0. The molecule has 0 saturated heterocycles. The first-order chi connectivity index (χ1) is 9.22. The van der Waals surface area contributed by atoms with Crippen LogP contribution in [0.4, 0.5) is 0 Å². The van der Waals surface area contributed by atoms with Crippen molar-refractivity contribution in [2.75, 3.05) is 26.2 Å². The molecule has 19 heavy (non-hydrogen) atoms. The first-order valence-corrected chi connectivity index (χ1v) is 7.68. The summed E-state index contributed by atoms with van der Waals surface area (Å²) in [6, 6.07) is 10.8. The van der Waals surface area contributed by atoms with E-state index in [1.165, 1.54) is 37.9 Å². The predicted molar refractivity (Wildman–Crippen MR) is 84.3 cm³/mol. The summed E-state index contributed by atoms with van der Waals surface area (Å²) in [5.41, 5.74) is 7.07. The molecule has 0 fully saturated rings. The molecular weight excluding hydrogens is 232 g/mol. The number of hydrogen-bond acceptors (Lipinski definition) is 2. The smallest absolute Gasteiger partial charge is 0.000439 e. The van der Waals surface area contributed by atoms with Crippen molar-refractivity contribution in [2.45, 2.75) is 39.5 Å². The van der Waals surface area contributed by atoms with Crippen molar-refractivity contribution in [1.29, 1.82) is 0 Å². The Hall–Kier alpha value is -0.860. The zero-order valence-corrected chi connectivity index (χ0v) is 12.6. The Morgan fingerprint density at radius 2 is 1.68 bits per heavy atom. The fourth-order valence-electron chi connectivity index (χ4n) is 2.43. The maximum atomic E-state index is 5.61. The van der Waals surface area contributed by atoms with Crippen molar-refractivity contribution in [3.63, 3.8) is 0 Å². The Morgan fingerprint density at radius 3 is 2.32 bits per heavy atom. The minimum Gasteiger partial charge on any atom is -0.330 e. The van der Waals surface area contributed by atoms with Crippen molar-refractivity contribution < 1.29 is 0 Å². The molecule has 0 bridgehead atoms. The summed E-state index contributed by atoms with van der Waals surface area (Å²) < 4.78 is 0. The van der Waals surface area contributed by atoms with Crippen LogP contribution in [0.5, 0.6) is 0 Å². The van der Waals surface area contributed by atoms with Crippen LogP contribution in [0, 0.1) is 5.92 Å². The lowest BCUT2D eigenvalue weighted by Crippen LogP contribution is -2.31. The lowest BCUT2D eigenvalue weighted by molar-refractivity contribution is 0.238. The second-order valence-corrected chi connectivity index (χ2v) is 5.78. The van der Waals surface area contributed by atoms with E-state index in [1.807, 2.05) is 0 Å². The topological polar surface area (TPSA) is 29.3 Å². The highest BCUT2D eigenvalue weighted by Gasteiger charge is 2.06. The second kappa shape index (κ2) is 9.99. The van der Waals surface area contributed by atoms with E-state index in [4.69, 9.17) is 5.73 Å². The molecule has 2 N–H and O–H groups in total. The molecule has 0 aromatic heterocycles. The summed E-state index contributed by atoms with van der Waals surface area (Å²) in [7, 11) is 0.